The predicted molar refractivity (Wildman–Crippen MR) is 71.7 cm³/mol. The summed E-state index contributed by atoms with van der Waals surface area (Å²) in [6.07, 6.45) is 8.76. The molecule has 0 radical (unpaired) electrons. The summed E-state index contributed by atoms with van der Waals surface area (Å²) in [7, 11) is 0. The Labute approximate surface area is 114 Å². The number of hydrogen-bond acceptors (Lipinski definition) is 4. The van der Waals surface area contributed by atoms with Crippen LogP contribution < -0.4 is 0 Å². The SMILES string of the molecule is CCC1CCC(c2noc(CC(O)C3CC3)n2)CC1. The quantitative estimate of drug-likeness (QED) is 0.888. The van der Waals surface area contributed by atoms with E-state index in [1.165, 1.54) is 32.1 Å². The molecular weight excluding hydrogens is 240 g/mol. The second-order valence-corrected chi connectivity index (χ2v) is 6.28. The van der Waals surface area contributed by atoms with Gasteiger partial charge in [0.15, 0.2) is 5.82 Å². The van der Waals surface area contributed by atoms with E-state index in [-0.39, 0.29) is 6.10 Å². The van der Waals surface area contributed by atoms with Gasteiger partial charge in [-0.05, 0) is 50.4 Å². The van der Waals surface area contributed by atoms with E-state index in [1.54, 1.807) is 0 Å². The van der Waals surface area contributed by atoms with Gasteiger partial charge in [0.1, 0.15) is 0 Å². The Bertz CT molecular complexity index is 406. The van der Waals surface area contributed by atoms with Crippen molar-refractivity contribution in [2.24, 2.45) is 11.8 Å². The molecule has 1 aromatic heterocycles. The maximum absolute atomic E-state index is 9.90. The second-order valence-electron chi connectivity index (χ2n) is 6.28. The largest absolute Gasteiger partial charge is 0.392 e. The first kappa shape index (κ1) is 13.1. The van der Waals surface area contributed by atoms with Gasteiger partial charge in [-0.25, -0.2) is 0 Å². The molecular formula is C15H24N2O2. The summed E-state index contributed by atoms with van der Waals surface area (Å²) in [5, 5.41) is 14.0. The van der Waals surface area contributed by atoms with Gasteiger partial charge in [-0.3, -0.25) is 0 Å². The van der Waals surface area contributed by atoms with Crippen molar-refractivity contribution in [3.05, 3.63) is 11.7 Å². The smallest absolute Gasteiger partial charge is 0.229 e. The number of nitrogens with zero attached hydrogens (tertiary/aromatic N) is 2. The zero-order valence-electron chi connectivity index (χ0n) is 11.7. The number of aliphatic hydroxyl groups is 1. The molecule has 0 aliphatic heterocycles. The molecule has 0 spiro atoms. The maximum atomic E-state index is 9.90. The van der Waals surface area contributed by atoms with Gasteiger partial charge in [0.05, 0.1) is 12.5 Å². The van der Waals surface area contributed by atoms with Crippen LogP contribution in [0, 0.1) is 11.8 Å². The van der Waals surface area contributed by atoms with E-state index in [0.717, 1.165) is 24.6 Å². The predicted octanol–water partition coefficient (Wildman–Crippen LogP) is 3.07. The van der Waals surface area contributed by atoms with Gasteiger partial charge in [-0.1, -0.05) is 18.5 Å². The fraction of sp³-hybridized carbons (Fsp3) is 0.867. The van der Waals surface area contributed by atoms with Crippen molar-refractivity contribution in [3.63, 3.8) is 0 Å². The van der Waals surface area contributed by atoms with Crippen molar-refractivity contribution < 1.29 is 9.63 Å². The molecule has 1 N–H and O–H groups in total. The molecule has 0 aromatic carbocycles. The second kappa shape index (κ2) is 5.61. The van der Waals surface area contributed by atoms with Crippen LogP contribution in [0.1, 0.15) is 69.5 Å². The maximum Gasteiger partial charge on any atom is 0.229 e. The van der Waals surface area contributed by atoms with Crippen molar-refractivity contribution in [1.82, 2.24) is 10.1 Å². The molecule has 1 unspecified atom stereocenters. The van der Waals surface area contributed by atoms with E-state index >= 15 is 0 Å². The normalized spacial score (nSPS) is 29.4. The zero-order valence-corrected chi connectivity index (χ0v) is 11.7. The fourth-order valence-electron chi connectivity index (χ4n) is 3.17. The lowest BCUT2D eigenvalue weighted by Gasteiger charge is -2.25. The number of aromatic nitrogens is 2. The Morgan fingerprint density at radius 3 is 2.58 bits per heavy atom. The molecule has 4 heteroatoms. The lowest BCUT2D eigenvalue weighted by Crippen LogP contribution is -2.14. The van der Waals surface area contributed by atoms with Gasteiger partial charge < -0.3 is 9.63 Å². The average Bonchev–Trinajstić information content (AvgIpc) is 3.20. The van der Waals surface area contributed by atoms with Crippen LogP contribution >= 0.6 is 0 Å². The van der Waals surface area contributed by atoms with Crippen molar-refractivity contribution in [3.8, 4) is 0 Å². The van der Waals surface area contributed by atoms with Crippen molar-refractivity contribution >= 4 is 0 Å². The molecule has 2 fully saturated rings. The van der Waals surface area contributed by atoms with Crippen LogP contribution in [0.5, 0.6) is 0 Å². The number of hydrogen-bond donors (Lipinski definition) is 1. The molecule has 1 aromatic rings. The first-order valence-electron chi connectivity index (χ1n) is 7.76. The highest BCUT2D eigenvalue weighted by atomic mass is 16.5. The number of aliphatic hydroxyl groups excluding tert-OH is 1. The molecule has 2 aliphatic rings. The molecule has 2 aliphatic carbocycles. The van der Waals surface area contributed by atoms with Crippen LogP contribution in [0.15, 0.2) is 4.52 Å². The molecule has 19 heavy (non-hydrogen) atoms. The third-order valence-electron chi connectivity index (χ3n) is 4.82. The summed E-state index contributed by atoms with van der Waals surface area (Å²) < 4.78 is 5.30. The van der Waals surface area contributed by atoms with E-state index in [4.69, 9.17) is 4.52 Å². The molecule has 1 heterocycles. The minimum absolute atomic E-state index is 0.288. The van der Waals surface area contributed by atoms with Crippen LogP contribution in [0.25, 0.3) is 0 Å². The lowest BCUT2D eigenvalue weighted by atomic mass is 9.80. The highest BCUT2D eigenvalue weighted by Gasteiger charge is 2.31. The fourth-order valence-corrected chi connectivity index (χ4v) is 3.17. The van der Waals surface area contributed by atoms with Gasteiger partial charge in [0, 0.05) is 5.92 Å². The van der Waals surface area contributed by atoms with Crippen LogP contribution in [-0.2, 0) is 6.42 Å². The summed E-state index contributed by atoms with van der Waals surface area (Å²) in [6.45, 7) is 2.27. The highest BCUT2D eigenvalue weighted by Crippen LogP contribution is 2.36. The minimum atomic E-state index is -0.288. The third-order valence-corrected chi connectivity index (χ3v) is 4.82. The first-order chi connectivity index (χ1) is 9.26. The Kier molecular flexibility index (Phi) is 3.87. The van der Waals surface area contributed by atoms with Gasteiger partial charge in [-0.15, -0.1) is 0 Å². The Morgan fingerprint density at radius 1 is 1.21 bits per heavy atom. The Hall–Kier alpha value is -0.900. The van der Waals surface area contributed by atoms with Crippen molar-refractivity contribution in [2.75, 3.05) is 0 Å². The summed E-state index contributed by atoms with van der Waals surface area (Å²) in [4.78, 5) is 4.50. The van der Waals surface area contributed by atoms with Gasteiger partial charge in [0.2, 0.25) is 5.89 Å². The van der Waals surface area contributed by atoms with Gasteiger partial charge in [0.25, 0.3) is 0 Å². The number of rotatable bonds is 5. The molecule has 0 saturated heterocycles. The van der Waals surface area contributed by atoms with Gasteiger partial charge >= 0.3 is 0 Å². The summed E-state index contributed by atoms with van der Waals surface area (Å²) in [5.74, 6) is 3.31. The molecule has 1 atom stereocenters. The molecule has 3 rings (SSSR count). The van der Waals surface area contributed by atoms with Crippen LogP contribution in [0.4, 0.5) is 0 Å². The van der Waals surface area contributed by atoms with Crippen molar-refractivity contribution in [1.29, 1.82) is 0 Å². The van der Waals surface area contributed by atoms with Crippen LogP contribution in [0.2, 0.25) is 0 Å². The monoisotopic (exact) mass is 264 g/mol. The summed E-state index contributed by atoms with van der Waals surface area (Å²) >= 11 is 0. The van der Waals surface area contributed by atoms with Gasteiger partial charge in [-0.2, -0.15) is 4.98 Å². The molecule has 0 amide bonds. The molecule has 0 bridgehead atoms. The Balaban J connectivity index is 1.55. The average molecular weight is 264 g/mol. The van der Waals surface area contributed by atoms with E-state index in [2.05, 4.69) is 17.1 Å². The minimum Gasteiger partial charge on any atom is -0.392 e. The van der Waals surface area contributed by atoms with Crippen LogP contribution in [0.3, 0.4) is 0 Å². The van der Waals surface area contributed by atoms with E-state index in [9.17, 15) is 5.11 Å². The standard InChI is InChI=1S/C15H24N2O2/c1-2-10-3-5-12(6-4-10)15-16-14(19-17-15)9-13(18)11-7-8-11/h10-13,18H,2-9H2,1H3. The summed E-state index contributed by atoms with van der Waals surface area (Å²) in [6, 6.07) is 0. The molecule has 4 nitrogen and oxygen atoms in total. The van der Waals surface area contributed by atoms with E-state index in [1.807, 2.05) is 0 Å². The Morgan fingerprint density at radius 2 is 1.95 bits per heavy atom. The summed E-state index contributed by atoms with van der Waals surface area (Å²) in [5.41, 5.74) is 0. The first-order valence-corrected chi connectivity index (χ1v) is 7.76. The van der Waals surface area contributed by atoms with E-state index in [0.29, 0.717) is 24.1 Å². The van der Waals surface area contributed by atoms with Crippen LogP contribution in [-0.4, -0.2) is 21.4 Å². The topological polar surface area (TPSA) is 59.2 Å². The molecule has 106 valence electrons. The lowest BCUT2D eigenvalue weighted by molar-refractivity contribution is 0.140. The molecule has 2 saturated carbocycles. The third kappa shape index (κ3) is 3.16. The zero-order chi connectivity index (χ0) is 13.2. The van der Waals surface area contributed by atoms with Crippen molar-refractivity contribution in [2.45, 2.75) is 70.3 Å². The highest BCUT2D eigenvalue weighted by molar-refractivity contribution is 4.99. The van der Waals surface area contributed by atoms with E-state index < -0.39 is 0 Å².